The number of amidine groups is 1. The topological polar surface area (TPSA) is 53.9 Å². The third-order valence-electron chi connectivity index (χ3n) is 6.46. The highest BCUT2D eigenvalue weighted by atomic mass is 35.5. The number of fused-ring (bicyclic) bond motifs is 1. The van der Waals surface area contributed by atoms with Crippen LogP contribution >= 0.6 is 34.5 Å². The van der Waals surface area contributed by atoms with Crippen LogP contribution in [-0.4, -0.2) is 29.4 Å². The summed E-state index contributed by atoms with van der Waals surface area (Å²) in [6.45, 7) is 1.44. The first kappa shape index (κ1) is 22.8. The molecule has 0 bridgehead atoms. The number of hydrogen-bond donors (Lipinski definition) is 1. The van der Waals surface area contributed by atoms with E-state index in [1.165, 1.54) is 36.0 Å². The van der Waals surface area contributed by atoms with Crippen LogP contribution in [0.25, 0.3) is 0 Å². The summed E-state index contributed by atoms with van der Waals surface area (Å²) in [6, 6.07) is 5.59. The standard InChI is InChI=1S/C22H20Cl2F3N3O2S/c23-15-5-14(6-16(24)7-15)21(22(25,26)27)8-19(29-32-21)30-10-13-4-17(33-18(13)11-30)20(31)28-9-12-2-1-3-12/h4-7,12H,1-3,8-11H2,(H,28,31). The molecule has 1 aliphatic carbocycles. The molecular weight excluding hydrogens is 498 g/mol. The number of thiophene rings is 1. The van der Waals surface area contributed by atoms with E-state index in [0.717, 1.165) is 23.3 Å². The molecule has 11 heteroatoms. The van der Waals surface area contributed by atoms with Gasteiger partial charge in [0.2, 0.25) is 0 Å². The molecule has 0 saturated heterocycles. The van der Waals surface area contributed by atoms with Crippen LogP contribution in [0.1, 0.15) is 51.4 Å². The third kappa shape index (κ3) is 4.19. The highest BCUT2D eigenvalue weighted by Gasteiger charge is 2.63. The molecule has 5 nitrogen and oxygen atoms in total. The van der Waals surface area contributed by atoms with Gasteiger partial charge < -0.3 is 15.1 Å². The summed E-state index contributed by atoms with van der Waals surface area (Å²) < 4.78 is 42.6. The molecule has 3 aliphatic rings. The van der Waals surface area contributed by atoms with Crippen LogP contribution in [-0.2, 0) is 23.5 Å². The van der Waals surface area contributed by atoms with Crippen molar-refractivity contribution in [3.8, 4) is 0 Å². The fraction of sp³-hybridized carbons (Fsp3) is 0.455. The van der Waals surface area contributed by atoms with Crippen LogP contribution in [0.3, 0.4) is 0 Å². The quantitative estimate of drug-likeness (QED) is 0.533. The maximum Gasteiger partial charge on any atom is 0.435 e. The van der Waals surface area contributed by atoms with Gasteiger partial charge in [0.05, 0.1) is 17.8 Å². The Bertz CT molecular complexity index is 1090. The van der Waals surface area contributed by atoms with Crippen LogP contribution in [0.2, 0.25) is 10.0 Å². The summed E-state index contributed by atoms with van der Waals surface area (Å²) in [5.74, 6) is 0.672. The Morgan fingerprint density at radius 2 is 1.94 bits per heavy atom. The Hall–Kier alpha value is -1.97. The molecule has 5 rings (SSSR count). The van der Waals surface area contributed by atoms with Crippen LogP contribution in [0.4, 0.5) is 13.2 Å². The van der Waals surface area contributed by atoms with Crippen molar-refractivity contribution >= 4 is 46.3 Å². The van der Waals surface area contributed by atoms with E-state index in [2.05, 4.69) is 10.5 Å². The van der Waals surface area contributed by atoms with Gasteiger partial charge in [0.15, 0.2) is 0 Å². The second-order valence-corrected chi connectivity index (χ2v) is 10.7. The van der Waals surface area contributed by atoms with Crippen LogP contribution in [0.15, 0.2) is 29.4 Å². The molecule has 1 aromatic heterocycles. The van der Waals surface area contributed by atoms with E-state index >= 15 is 0 Å². The summed E-state index contributed by atoms with van der Waals surface area (Å²) >= 11 is 13.3. The maximum absolute atomic E-state index is 14.2. The summed E-state index contributed by atoms with van der Waals surface area (Å²) in [5.41, 5.74) is -1.92. The van der Waals surface area contributed by atoms with Crippen LogP contribution < -0.4 is 5.32 Å². The van der Waals surface area contributed by atoms with Gasteiger partial charge in [-0.05, 0) is 48.6 Å². The highest BCUT2D eigenvalue weighted by Crippen LogP contribution is 2.50. The first-order valence-corrected chi connectivity index (χ1v) is 12.1. The lowest BCUT2D eigenvalue weighted by Gasteiger charge is -2.30. The number of amides is 1. The minimum atomic E-state index is -4.73. The van der Waals surface area contributed by atoms with E-state index in [4.69, 9.17) is 28.0 Å². The van der Waals surface area contributed by atoms with Crippen LogP contribution in [0, 0.1) is 5.92 Å². The molecule has 2 aromatic rings. The molecule has 3 heterocycles. The van der Waals surface area contributed by atoms with E-state index in [0.29, 0.717) is 30.4 Å². The second kappa shape index (κ2) is 8.36. The Labute approximate surface area is 202 Å². The van der Waals surface area contributed by atoms with Crippen molar-refractivity contribution in [1.82, 2.24) is 10.2 Å². The Morgan fingerprint density at radius 1 is 1.21 bits per heavy atom. The van der Waals surface area contributed by atoms with E-state index in [1.807, 2.05) is 6.07 Å². The lowest BCUT2D eigenvalue weighted by molar-refractivity contribution is -0.275. The number of carbonyl (C=O) groups is 1. The summed E-state index contributed by atoms with van der Waals surface area (Å²) in [7, 11) is 0. The van der Waals surface area contributed by atoms with Crippen LogP contribution in [0.5, 0.6) is 0 Å². The monoisotopic (exact) mass is 517 g/mol. The third-order valence-corrected chi connectivity index (χ3v) is 8.06. The van der Waals surface area contributed by atoms with Gasteiger partial charge >= 0.3 is 6.18 Å². The predicted molar refractivity (Wildman–Crippen MR) is 121 cm³/mol. The largest absolute Gasteiger partial charge is 0.435 e. The van der Waals surface area contributed by atoms with Gasteiger partial charge in [0.25, 0.3) is 11.5 Å². The molecule has 1 amide bonds. The highest BCUT2D eigenvalue weighted by molar-refractivity contribution is 7.14. The lowest BCUT2D eigenvalue weighted by atomic mass is 9.85. The number of oxime groups is 1. The van der Waals surface area contributed by atoms with Gasteiger partial charge in [-0.1, -0.05) is 34.8 Å². The number of benzene rings is 1. The molecule has 1 unspecified atom stereocenters. The molecule has 2 aliphatic heterocycles. The lowest BCUT2D eigenvalue weighted by Crippen LogP contribution is -2.43. The van der Waals surface area contributed by atoms with E-state index < -0.39 is 18.2 Å². The van der Waals surface area contributed by atoms with Gasteiger partial charge in [0, 0.05) is 33.6 Å². The molecule has 1 N–H and O–H groups in total. The smallest absolute Gasteiger partial charge is 0.372 e. The molecule has 1 atom stereocenters. The zero-order chi connectivity index (χ0) is 23.4. The minimum Gasteiger partial charge on any atom is -0.372 e. The van der Waals surface area contributed by atoms with Crippen molar-refractivity contribution in [1.29, 1.82) is 0 Å². The number of rotatable bonds is 4. The van der Waals surface area contributed by atoms with Gasteiger partial charge in [0.1, 0.15) is 5.84 Å². The number of nitrogens with zero attached hydrogens (tertiary/aromatic N) is 2. The summed E-state index contributed by atoms with van der Waals surface area (Å²) in [5, 5.41) is 6.97. The number of carbonyl (C=O) groups excluding carboxylic acids is 1. The van der Waals surface area contributed by atoms with Crippen molar-refractivity contribution in [3.63, 3.8) is 0 Å². The van der Waals surface area contributed by atoms with Crippen molar-refractivity contribution in [2.24, 2.45) is 11.1 Å². The summed E-state index contributed by atoms with van der Waals surface area (Å²) in [4.78, 5) is 20.8. The van der Waals surface area contributed by atoms with Crippen molar-refractivity contribution < 1.29 is 22.8 Å². The average molecular weight is 518 g/mol. The van der Waals surface area contributed by atoms with Gasteiger partial charge in [-0.2, -0.15) is 13.2 Å². The Balaban J connectivity index is 1.29. The normalized spacial score (nSPS) is 22.6. The fourth-order valence-electron chi connectivity index (χ4n) is 4.33. The molecular formula is C22H20Cl2F3N3O2S. The number of halogens is 5. The Kier molecular flexibility index (Phi) is 5.77. The van der Waals surface area contributed by atoms with Crippen molar-refractivity contribution in [2.45, 2.75) is 50.6 Å². The van der Waals surface area contributed by atoms with E-state index in [9.17, 15) is 18.0 Å². The number of hydrogen-bond acceptors (Lipinski definition) is 5. The molecule has 0 radical (unpaired) electrons. The fourth-order valence-corrected chi connectivity index (χ4v) is 5.96. The average Bonchev–Trinajstić information content (AvgIpc) is 3.38. The molecule has 1 aromatic carbocycles. The number of alkyl halides is 3. The van der Waals surface area contributed by atoms with E-state index in [1.54, 1.807) is 4.90 Å². The van der Waals surface area contributed by atoms with Gasteiger partial charge in [-0.25, -0.2) is 0 Å². The first-order valence-electron chi connectivity index (χ1n) is 10.6. The molecule has 0 spiro atoms. The maximum atomic E-state index is 14.2. The van der Waals surface area contributed by atoms with E-state index in [-0.39, 0.29) is 27.4 Å². The zero-order valence-corrected chi connectivity index (χ0v) is 19.7. The van der Waals surface area contributed by atoms with Crippen molar-refractivity contribution in [3.05, 3.63) is 55.2 Å². The second-order valence-electron chi connectivity index (χ2n) is 8.68. The molecule has 176 valence electrons. The summed E-state index contributed by atoms with van der Waals surface area (Å²) in [6.07, 6.45) is -1.70. The zero-order valence-electron chi connectivity index (χ0n) is 17.3. The first-order chi connectivity index (χ1) is 15.6. The molecule has 1 saturated carbocycles. The number of nitrogens with one attached hydrogen (secondary N) is 1. The molecule has 33 heavy (non-hydrogen) atoms. The minimum absolute atomic E-state index is 0.0876. The van der Waals surface area contributed by atoms with Crippen molar-refractivity contribution in [2.75, 3.05) is 6.54 Å². The predicted octanol–water partition coefficient (Wildman–Crippen LogP) is 6.09. The SMILES string of the molecule is O=C(NCC1CCC1)c1cc2c(s1)CN(C1=NOC(c3cc(Cl)cc(Cl)c3)(C(F)(F)F)C1)C2. The Morgan fingerprint density at radius 3 is 2.55 bits per heavy atom. The van der Waals surface area contributed by atoms with Gasteiger partial charge in [-0.15, -0.1) is 11.3 Å². The van der Waals surface area contributed by atoms with Gasteiger partial charge in [-0.3, -0.25) is 4.79 Å². The molecule has 1 fully saturated rings.